The van der Waals surface area contributed by atoms with Gasteiger partial charge in [-0.2, -0.15) is 0 Å². The van der Waals surface area contributed by atoms with Crippen molar-refractivity contribution in [1.29, 1.82) is 0 Å². The summed E-state index contributed by atoms with van der Waals surface area (Å²) in [5.41, 5.74) is 1.24. The third kappa shape index (κ3) is 3.45. The van der Waals surface area contributed by atoms with Crippen LogP contribution in [0.3, 0.4) is 0 Å². The monoisotopic (exact) mass is 412 g/mol. The molecule has 4 aliphatic carbocycles. The summed E-state index contributed by atoms with van der Waals surface area (Å²) in [6.45, 7) is 14.5. The van der Waals surface area contributed by atoms with Crippen LogP contribution in [0.5, 0.6) is 0 Å². The molecule has 0 radical (unpaired) electrons. The van der Waals surface area contributed by atoms with Crippen molar-refractivity contribution < 1.29 is 9.59 Å². The summed E-state index contributed by atoms with van der Waals surface area (Å²) in [6.07, 6.45) is 11.9. The average molecular weight is 413 g/mol. The van der Waals surface area contributed by atoms with Crippen LogP contribution >= 0.6 is 0 Å². The van der Waals surface area contributed by atoms with Gasteiger partial charge in [-0.25, -0.2) is 0 Å². The Morgan fingerprint density at radius 2 is 1.70 bits per heavy atom. The first kappa shape index (κ1) is 22.3. The molecule has 3 fully saturated rings. The van der Waals surface area contributed by atoms with Gasteiger partial charge in [-0.3, -0.25) is 9.59 Å². The minimum Gasteiger partial charge on any atom is -0.295 e. The fourth-order valence-corrected chi connectivity index (χ4v) is 8.42. The van der Waals surface area contributed by atoms with Gasteiger partial charge in [0.2, 0.25) is 0 Å². The number of ketones is 2. The van der Waals surface area contributed by atoms with E-state index < -0.39 is 0 Å². The quantitative estimate of drug-likeness (QED) is 0.486. The Hall–Kier alpha value is -0.920. The van der Waals surface area contributed by atoms with Crippen LogP contribution in [0, 0.1) is 52.3 Å². The number of fused-ring (bicyclic) bond motifs is 5. The van der Waals surface area contributed by atoms with E-state index in [-0.39, 0.29) is 11.2 Å². The van der Waals surface area contributed by atoms with Gasteiger partial charge in [0, 0.05) is 18.4 Å². The molecule has 0 saturated heterocycles. The second-order valence-electron chi connectivity index (χ2n) is 12.5. The minimum absolute atomic E-state index is 0.0500. The SMILES string of the molecule is CC(C)C(C)CCC(C)C1CCC2C3CC(=O)C4=CC(=O)CCC4(C)C3CCC12C. The molecule has 0 aromatic rings. The highest BCUT2D eigenvalue weighted by Gasteiger charge is 2.61. The van der Waals surface area contributed by atoms with Gasteiger partial charge in [-0.15, -0.1) is 0 Å². The maximum atomic E-state index is 13.2. The number of allylic oxidation sites excluding steroid dienone is 1. The van der Waals surface area contributed by atoms with Gasteiger partial charge >= 0.3 is 0 Å². The molecule has 8 unspecified atom stereocenters. The van der Waals surface area contributed by atoms with Crippen LogP contribution in [0.1, 0.15) is 99.3 Å². The van der Waals surface area contributed by atoms with E-state index in [0.717, 1.165) is 35.7 Å². The van der Waals surface area contributed by atoms with Crippen molar-refractivity contribution in [3.8, 4) is 0 Å². The maximum Gasteiger partial charge on any atom is 0.159 e. The zero-order valence-electron chi connectivity index (χ0n) is 20.3. The topological polar surface area (TPSA) is 34.1 Å². The Balaban J connectivity index is 1.53. The molecule has 4 aliphatic rings. The lowest BCUT2D eigenvalue weighted by molar-refractivity contribution is -0.131. The van der Waals surface area contributed by atoms with Crippen LogP contribution in [0.2, 0.25) is 0 Å². The lowest BCUT2D eigenvalue weighted by Gasteiger charge is -2.57. The highest BCUT2D eigenvalue weighted by molar-refractivity contribution is 6.05. The van der Waals surface area contributed by atoms with E-state index in [1.165, 1.54) is 38.5 Å². The Bertz CT molecular complexity index is 733. The van der Waals surface area contributed by atoms with Gasteiger partial charge in [0.1, 0.15) is 0 Å². The molecule has 3 saturated carbocycles. The van der Waals surface area contributed by atoms with Gasteiger partial charge in [0.15, 0.2) is 11.6 Å². The fraction of sp³-hybridized carbons (Fsp3) is 0.857. The number of hydrogen-bond donors (Lipinski definition) is 0. The van der Waals surface area contributed by atoms with Crippen LogP contribution in [-0.4, -0.2) is 11.6 Å². The summed E-state index contributed by atoms with van der Waals surface area (Å²) in [5.74, 6) is 5.48. The second kappa shape index (κ2) is 7.89. The predicted molar refractivity (Wildman–Crippen MR) is 123 cm³/mol. The Morgan fingerprint density at radius 1 is 0.967 bits per heavy atom. The minimum atomic E-state index is -0.0500. The molecule has 0 aliphatic heterocycles. The molecule has 30 heavy (non-hydrogen) atoms. The number of rotatable bonds is 5. The van der Waals surface area contributed by atoms with E-state index >= 15 is 0 Å². The molecule has 0 aromatic heterocycles. The zero-order chi connectivity index (χ0) is 21.8. The standard InChI is InChI=1S/C28H44O2/c1-17(2)18(3)7-8-19(4)22-9-10-23-21-16-26(30)25-15-20(29)11-13-28(25,6)24(21)12-14-27(22,23)5/h15,17-19,21-24H,7-14,16H2,1-6H3. The fourth-order valence-electron chi connectivity index (χ4n) is 8.42. The molecule has 0 spiro atoms. The normalized spacial score (nSPS) is 43.0. The van der Waals surface area contributed by atoms with E-state index in [1.807, 2.05) is 0 Å². The van der Waals surface area contributed by atoms with Crippen molar-refractivity contribution in [2.24, 2.45) is 52.3 Å². The van der Waals surface area contributed by atoms with Crippen LogP contribution in [0.15, 0.2) is 11.6 Å². The molecule has 8 atom stereocenters. The molecule has 2 nitrogen and oxygen atoms in total. The number of hydrogen-bond acceptors (Lipinski definition) is 2. The highest BCUT2D eigenvalue weighted by atomic mass is 16.1. The first-order valence-electron chi connectivity index (χ1n) is 12.9. The zero-order valence-corrected chi connectivity index (χ0v) is 20.3. The molecule has 0 N–H and O–H groups in total. The molecule has 168 valence electrons. The molecule has 0 amide bonds. The van der Waals surface area contributed by atoms with Crippen molar-refractivity contribution >= 4 is 11.6 Å². The summed E-state index contributed by atoms with van der Waals surface area (Å²) >= 11 is 0. The van der Waals surface area contributed by atoms with Gasteiger partial charge in [-0.05, 0) is 90.4 Å². The third-order valence-electron chi connectivity index (χ3n) is 10.8. The van der Waals surface area contributed by atoms with Crippen LogP contribution in [-0.2, 0) is 9.59 Å². The highest BCUT2D eigenvalue weighted by Crippen LogP contribution is 2.67. The van der Waals surface area contributed by atoms with Gasteiger partial charge < -0.3 is 0 Å². The predicted octanol–water partition coefficient (Wildman–Crippen LogP) is 7.02. The smallest absolute Gasteiger partial charge is 0.159 e. The lowest BCUT2D eigenvalue weighted by Crippen LogP contribution is -2.53. The van der Waals surface area contributed by atoms with Gasteiger partial charge in [-0.1, -0.05) is 54.4 Å². The summed E-state index contributed by atoms with van der Waals surface area (Å²) in [7, 11) is 0. The Labute approximate surface area is 184 Å². The van der Waals surface area contributed by atoms with Crippen molar-refractivity contribution in [2.45, 2.75) is 99.3 Å². The molecule has 0 aromatic carbocycles. The largest absolute Gasteiger partial charge is 0.295 e. The van der Waals surface area contributed by atoms with Crippen molar-refractivity contribution in [1.82, 2.24) is 0 Å². The lowest BCUT2D eigenvalue weighted by atomic mass is 9.46. The van der Waals surface area contributed by atoms with E-state index in [0.29, 0.717) is 41.8 Å². The number of Topliss-reactive ketones (excluding diaryl/α,β-unsaturated/α-hetero) is 1. The van der Waals surface area contributed by atoms with E-state index in [9.17, 15) is 9.59 Å². The van der Waals surface area contributed by atoms with E-state index in [4.69, 9.17) is 0 Å². The van der Waals surface area contributed by atoms with Crippen LogP contribution in [0.4, 0.5) is 0 Å². The molecular weight excluding hydrogens is 368 g/mol. The number of carbonyl (C=O) groups is 2. The average Bonchev–Trinajstić information content (AvgIpc) is 3.04. The van der Waals surface area contributed by atoms with E-state index in [1.54, 1.807) is 6.08 Å². The van der Waals surface area contributed by atoms with Crippen molar-refractivity contribution in [3.63, 3.8) is 0 Å². The summed E-state index contributed by atoms with van der Waals surface area (Å²) in [6, 6.07) is 0. The maximum absolute atomic E-state index is 13.2. The van der Waals surface area contributed by atoms with Crippen LogP contribution in [0.25, 0.3) is 0 Å². The molecule has 0 heterocycles. The van der Waals surface area contributed by atoms with Crippen LogP contribution < -0.4 is 0 Å². The molecule has 0 bridgehead atoms. The van der Waals surface area contributed by atoms with Crippen molar-refractivity contribution in [3.05, 3.63) is 11.6 Å². The first-order chi connectivity index (χ1) is 14.1. The van der Waals surface area contributed by atoms with Gasteiger partial charge in [0.25, 0.3) is 0 Å². The van der Waals surface area contributed by atoms with E-state index in [2.05, 4.69) is 41.5 Å². The van der Waals surface area contributed by atoms with Crippen molar-refractivity contribution in [2.75, 3.05) is 0 Å². The molecular formula is C28H44O2. The molecule has 2 heteroatoms. The second-order valence-corrected chi connectivity index (χ2v) is 12.5. The van der Waals surface area contributed by atoms with Gasteiger partial charge in [0.05, 0.1) is 0 Å². The first-order valence-corrected chi connectivity index (χ1v) is 12.9. The molecule has 4 rings (SSSR count). The Kier molecular flexibility index (Phi) is 5.86. The Morgan fingerprint density at radius 3 is 2.40 bits per heavy atom. The summed E-state index contributed by atoms with van der Waals surface area (Å²) in [4.78, 5) is 25.2. The number of carbonyl (C=O) groups excluding carboxylic acids is 2. The third-order valence-corrected chi connectivity index (χ3v) is 10.8. The summed E-state index contributed by atoms with van der Waals surface area (Å²) in [5, 5.41) is 0. The summed E-state index contributed by atoms with van der Waals surface area (Å²) < 4.78 is 0.